The second-order valence-corrected chi connectivity index (χ2v) is 11.5. The normalized spacial score (nSPS) is 13.9. The molecule has 3 aromatic carbocycles. The number of pyridine rings is 1. The molecule has 0 saturated carbocycles. The average Bonchev–Trinajstić information content (AvgIpc) is 3.62. The zero-order valence-electron chi connectivity index (χ0n) is 26.0. The van der Waals surface area contributed by atoms with Crippen LogP contribution in [0, 0.1) is 25.2 Å². The molecule has 5 rings (SSSR count). The number of carbonyl (C=O) groups excluding carboxylic acids is 2. The van der Waals surface area contributed by atoms with Gasteiger partial charge in [-0.3, -0.25) is 14.6 Å². The highest BCUT2D eigenvalue weighted by atomic mass is 35.5. The molecule has 0 bridgehead atoms. The highest BCUT2D eigenvalue weighted by molar-refractivity contribution is 6.32. The maximum atomic E-state index is 12.6. The van der Waals surface area contributed by atoms with Gasteiger partial charge in [0.05, 0.1) is 10.6 Å². The summed E-state index contributed by atoms with van der Waals surface area (Å²) in [4.78, 5) is 29.1. The number of amides is 1. The van der Waals surface area contributed by atoms with Crippen LogP contribution in [-0.2, 0) is 29.4 Å². The highest BCUT2D eigenvalue weighted by Gasteiger charge is 2.24. The van der Waals surface area contributed by atoms with E-state index < -0.39 is 0 Å². The minimum Gasteiger partial charge on any atom is -0.488 e. The summed E-state index contributed by atoms with van der Waals surface area (Å²) in [5.41, 5.74) is 7.16. The number of rotatable bonds is 11. The van der Waals surface area contributed by atoms with Gasteiger partial charge in [0, 0.05) is 42.2 Å². The fourth-order valence-electron chi connectivity index (χ4n) is 5.45. The fraction of sp³-hybridized carbons (Fsp3) is 0.278. The van der Waals surface area contributed by atoms with Crippen LogP contribution in [0.3, 0.4) is 0 Å². The van der Waals surface area contributed by atoms with Crippen LogP contribution in [0.25, 0.3) is 11.1 Å². The molecule has 9 nitrogen and oxygen atoms in total. The minimum absolute atomic E-state index is 0.0293. The van der Waals surface area contributed by atoms with Crippen molar-refractivity contribution in [1.82, 2.24) is 15.6 Å². The average molecular weight is 639 g/mol. The summed E-state index contributed by atoms with van der Waals surface area (Å²) in [7, 11) is 1.62. The predicted octanol–water partition coefficient (Wildman–Crippen LogP) is 6.20. The first-order valence-corrected chi connectivity index (χ1v) is 15.4. The summed E-state index contributed by atoms with van der Waals surface area (Å²) in [6, 6.07) is 18.5. The number of benzene rings is 3. The zero-order chi connectivity index (χ0) is 32.6. The molecule has 0 unspecified atom stereocenters. The zero-order valence-corrected chi connectivity index (χ0v) is 26.7. The second-order valence-electron chi connectivity index (χ2n) is 11.1. The molecule has 1 aliphatic rings. The number of aromatic nitrogens is 1. The molecule has 0 radical (unpaired) electrons. The summed E-state index contributed by atoms with van der Waals surface area (Å²) < 4.78 is 18.0. The van der Waals surface area contributed by atoms with E-state index in [2.05, 4.69) is 21.7 Å². The van der Waals surface area contributed by atoms with Gasteiger partial charge in [-0.05, 0) is 79.3 Å². The van der Waals surface area contributed by atoms with E-state index in [9.17, 15) is 14.9 Å². The van der Waals surface area contributed by atoms with E-state index in [0.717, 1.165) is 47.2 Å². The van der Waals surface area contributed by atoms with Gasteiger partial charge in [0.1, 0.15) is 43.4 Å². The first kappa shape index (κ1) is 32.5. The van der Waals surface area contributed by atoms with E-state index in [0.29, 0.717) is 38.8 Å². The van der Waals surface area contributed by atoms with Gasteiger partial charge in [-0.25, -0.2) is 0 Å². The molecule has 1 atom stereocenters. The number of halogens is 1. The van der Waals surface area contributed by atoms with Gasteiger partial charge in [-0.1, -0.05) is 41.9 Å². The van der Waals surface area contributed by atoms with Gasteiger partial charge in [0.15, 0.2) is 0 Å². The Morgan fingerprint density at radius 3 is 2.48 bits per heavy atom. The number of ether oxygens (including phenoxy) is 3. The summed E-state index contributed by atoms with van der Waals surface area (Å²) >= 11 is 6.70. The third-order valence-corrected chi connectivity index (χ3v) is 8.37. The quantitative estimate of drug-likeness (QED) is 0.186. The number of hydrogen-bond donors (Lipinski definition) is 2. The lowest BCUT2D eigenvalue weighted by atomic mass is 9.91. The molecule has 0 aliphatic carbocycles. The lowest BCUT2D eigenvalue weighted by Gasteiger charge is -2.18. The van der Waals surface area contributed by atoms with Gasteiger partial charge in [0.25, 0.3) is 5.91 Å². The van der Waals surface area contributed by atoms with Crippen molar-refractivity contribution in [3.63, 3.8) is 0 Å². The van der Waals surface area contributed by atoms with Crippen molar-refractivity contribution in [3.05, 3.63) is 111 Å². The Labute approximate surface area is 273 Å². The van der Waals surface area contributed by atoms with Crippen molar-refractivity contribution >= 4 is 23.5 Å². The third kappa shape index (κ3) is 7.48. The van der Waals surface area contributed by atoms with E-state index in [-0.39, 0.29) is 37.7 Å². The molecule has 1 amide bonds. The van der Waals surface area contributed by atoms with E-state index in [4.69, 9.17) is 25.8 Å². The standard InChI is InChI=1S/C36H35ClN4O5/c1-22-26(7-4-8-28(22)29-9-5-10-30(23(29)2)35(42)39-3)20-45-34-15-33(44-19-25-13-24(16-38)17-40-18-25)27(14-31(34)37)21-46-36(43)32-11-6-12-41-32/h4-5,7-10,13-15,17-18,32,41H,6,11-12,19-21H2,1-3H3,(H,39,42)/t32-/m0/s1. The van der Waals surface area contributed by atoms with Crippen molar-refractivity contribution < 1.29 is 23.8 Å². The van der Waals surface area contributed by atoms with Crippen LogP contribution in [0.1, 0.15) is 56.6 Å². The van der Waals surface area contributed by atoms with Crippen LogP contribution in [0.5, 0.6) is 11.5 Å². The third-order valence-electron chi connectivity index (χ3n) is 8.07. The molecule has 46 heavy (non-hydrogen) atoms. The lowest BCUT2D eigenvalue weighted by molar-refractivity contribution is -0.147. The Kier molecular flexibility index (Phi) is 10.5. The monoisotopic (exact) mass is 638 g/mol. The SMILES string of the molecule is CNC(=O)c1cccc(-c2cccc(COc3cc(OCc4cncc(C#N)c4)c(COC(=O)[C@@H]4CCCN4)cc3Cl)c2C)c1C. The van der Waals surface area contributed by atoms with E-state index in [1.54, 1.807) is 31.4 Å². The Morgan fingerprint density at radius 2 is 1.74 bits per heavy atom. The summed E-state index contributed by atoms with van der Waals surface area (Å²) in [5.74, 6) is 0.376. The summed E-state index contributed by atoms with van der Waals surface area (Å²) in [5, 5.41) is 15.4. The minimum atomic E-state index is -0.323. The van der Waals surface area contributed by atoms with Crippen LogP contribution < -0.4 is 20.1 Å². The molecule has 236 valence electrons. The van der Waals surface area contributed by atoms with Gasteiger partial charge >= 0.3 is 5.97 Å². The van der Waals surface area contributed by atoms with Gasteiger partial charge in [-0.15, -0.1) is 0 Å². The second kappa shape index (κ2) is 14.9. The Hall–Kier alpha value is -4.91. The van der Waals surface area contributed by atoms with Crippen LogP contribution in [-0.4, -0.2) is 36.5 Å². The van der Waals surface area contributed by atoms with Crippen molar-refractivity contribution in [3.8, 4) is 28.7 Å². The molecule has 1 aliphatic heterocycles. The molecular weight excluding hydrogens is 604 g/mol. The Morgan fingerprint density at radius 1 is 0.978 bits per heavy atom. The number of esters is 1. The summed E-state index contributed by atoms with van der Waals surface area (Å²) in [6.07, 6.45) is 4.77. The molecule has 2 heterocycles. The Balaban J connectivity index is 1.38. The van der Waals surface area contributed by atoms with Crippen LogP contribution in [0.2, 0.25) is 5.02 Å². The molecule has 10 heteroatoms. The van der Waals surface area contributed by atoms with Gasteiger partial charge in [-0.2, -0.15) is 5.26 Å². The largest absolute Gasteiger partial charge is 0.488 e. The van der Waals surface area contributed by atoms with Crippen LogP contribution >= 0.6 is 11.6 Å². The molecule has 1 fully saturated rings. The van der Waals surface area contributed by atoms with Crippen molar-refractivity contribution in [2.45, 2.75) is 52.6 Å². The van der Waals surface area contributed by atoms with Gasteiger partial charge < -0.3 is 24.8 Å². The maximum Gasteiger partial charge on any atom is 0.323 e. The predicted molar refractivity (Wildman–Crippen MR) is 175 cm³/mol. The van der Waals surface area contributed by atoms with E-state index in [1.807, 2.05) is 50.2 Å². The lowest BCUT2D eigenvalue weighted by Crippen LogP contribution is -2.32. The number of carbonyl (C=O) groups is 2. The van der Waals surface area contributed by atoms with E-state index in [1.165, 1.54) is 6.20 Å². The maximum absolute atomic E-state index is 12.6. The Bertz CT molecular complexity index is 1800. The van der Waals surface area contributed by atoms with Crippen LogP contribution in [0.4, 0.5) is 0 Å². The molecule has 4 aromatic rings. The molecule has 1 aromatic heterocycles. The molecular formula is C36H35ClN4O5. The first-order valence-electron chi connectivity index (χ1n) is 15.0. The molecule has 0 spiro atoms. The molecule has 1 saturated heterocycles. The van der Waals surface area contributed by atoms with Crippen molar-refractivity contribution in [2.75, 3.05) is 13.6 Å². The van der Waals surface area contributed by atoms with Crippen LogP contribution in [0.15, 0.2) is 67.0 Å². The van der Waals surface area contributed by atoms with Gasteiger partial charge in [0.2, 0.25) is 0 Å². The van der Waals surface area contributed by atoms with Crippen molar-refractivity contribution in [1.29, 1.82) is 5.26 Å². The fourth-order valence-corrected chi connectivity index (χ4v) is 5.69. The van der Waals surface area contributed by atoms with E-state index >= 15 is 0 Å². The number of nitrogens with zero attached hydrogens (tertiary/aromatic N) is 2. The number of hydrogen-bond acceptors (Lipinski definition) is 8. The topological polar surface area (TPSA) is 123 Å². The highest BCUT2D eigenvalue weighted by Crippen LogP contribution is 2.36. The smallest absolute Gasteiger partial charge is 0.323 e. The molecule has 2 N–H and O–H groups in total. The number of nitriles is 1. The first-order chi connectivity index (χ1) is 22.3. The van der Waals surface area contributed by atoms with Crippen molar-refractivity contribution in [2.24, 2.45) is 0 Å². The number of nitrogens with one attached hydrogen (secondary N) is 2. The summed E-state index contributed by atoms with van der Waals surface area (Å²) in [6.45, 7) is 5.08.